The molecule has 0 bridgehead atoms. The lowest BCUT2D eigenvalue weighted by Gasteiger charge is -2.51. The highest BCUT2D eigenvalue weighted by molar-refractivity contribution is 6.11. The fourth-order valence-corrected chi connectivity index (χ4v) is 6.61. The van der Waals surface area contributed by atoms with Gasteiger partial charge in [-0.05, 0) is 99.1 Å². The molecule has 0 saturated carbocycles. The predicted molar refractivity (Wildman–Crippen MR) is 150 cm³/mol. The standard InChI is InChI=1S/C32H43N3O2/c1-24(2)22-29-30(36)35(28-16-15-26-13-9-14-27(26)23-28)32(31(37)33-29)17-20-34(21-18-32)19-8-4-7-12-25-10-5-3-6-11-25/h3,5-6,10-11,15-16,23-24,29H,4,7-9,12-14,17-22H2,1-2H3,(H,33,37)/t29-/m0/s1. The first-order chi connectivity index (χ1) is 18.0. The molecule has 2 aliphatic heterocycles. The van der Waals surface area contributed by atoms with Crippen LogP contribution in [0.2, 0.25) is 0 Å². The Labute approximate surface area is 222 Å². The van der Waals surface area contributed by atoms with E-state index in [4.69, 9.17) is 0 Å². The number of piperidine rings is 1. The summed E-state index contributed by atoms with van der Waals surface area (Å²) in [7, 11) is 0. The molecule has 1 N–H and O–H groups in total. The maximum atomic E-state index is 13.9. The monoisotopic (exact) mass is 501 g/mol. The number of amides is 2. The van der Waals surface area contributed by atoms with Gasteiger partial charge in [-0.25, -0.2) is 0 Å². The first kappa shape index (κ1) is 26.0. The second kappa shape index (κ2) is 11.4. The van der Waals surface area contributed by atoms with Gasteiger partial charge in [0.1, 0.15) is 11.6 Å². The molecule has 1 aliphatic carbocycles. The maximum absolute atomic E-state index is 13.9. The molecule has 5 nitrogen and oxygen atoms in total. The third-order valence-corrected chi connectivity index (χ3v) is 8.69. The van der Waals surface area contributed by atoms with Gasteiger partial charge >= 0.3 is 0 Å². The van der Waals surface area contributed by atoms with Crippen LogP contribution in [-0.2, 0) is 28.9 Å². The molecule has 0 unspecified atom stereocenters. The van der Waals surface area contributed by atoms with Crippen LogP contribution in [0.25, 0.3) is 0 Å². The zero-order valence-electron chi connectivity index (χ0n) is 22.7. The number of nitrogens with zero attached hydrogens (tertiary/aromatic N) is 2. The number of carbonyl (C=O) groups is 2. The largest absolute Gasteiger partial charge is 0.342 e. The molecule has 1 spiro atoms. The van der Waals surface area contributed by atoms with E-state index in [0.717, 1.165) is 44.6 Å². The zero-order valence-corrected chi connectivity index (χ0v) is 22.7. The lowest BCUT2D eigenvalue weighted by Crippen LogP contribution is -2.73. The average molecular weight is 502 g/mol. The van der Waals surface area contributed by atoms with Gasteiger partial charge in [0, 0.05) is 18.8 Å². The molecule has 0 radical (unpaired) electrons. The van der Waals surface area contributed by atoms with Crippen LogP contribution < -0.4 is 10.2 Å². The molecule has 2 fully saturated rings. The van der Waals surface area contributed by atoms with E-state index in [1.165, 1.54) is 42.4 Å². The number of aryl methyl sites for hydroxylation is 3. The number of hydrogen-bond donors (Lipinski definition) is 1. The van der Waals surface area contributed by atoms with Crippen molar-refractivity contribution < 1.29 is 9.59 Å². The molecule has 2 aromatic rings. The summed E-state index contributed by atoms with van der Waals surface area (Å²) in [6.45, 7) is 7.00. The number of nitrogens with one attached hydrogen (secondary N) is 1. The van der Waals surface area contributed by atoms with E-state index in [0.29, 0.717) is 25.2 Å². The number of likely N-dealkylation sites (tertiary alicyclic amines) is 1. The van der Waals surface area contributed by atoms with Crippen LogP contribution in [0.1, 0.15) is 75.5 Å². The van der Waals surface area contributed by atoms with Crippen molar-refractivity contribution in [1.29, 1.82) is 0 Å². The number of hydrogen-bond acceptors (Lipinski definition) is 3. The number of anilines is 1. The van der Waals surface area contributed by atoms with Crippen LogP contribution in [0.3, 0.4) is 0 Å². The van der Waals surface area contributed by atoms with E-state index < -0.39 is 11.6 Å². The van der Waals surface area contributed by atoms with Crippen molar-refractivity contribution in [3.63, 3.8) is 0 Å². The van der Waals surface area contributed by atoms with Gasteiger partial charge in [0.15, 0.2) is 0 Å². The Kier molecular flexibility index (Phi) is 7.99. The average Bonchev–Trinajstić information content (AvgIpc) is 3.37. The van der Waals surface area contributed by atoms with Crippen LogP contribution in [-0.4, -0.2) is 47.9 Å². The molecule has 2 amide bonds. The molecule has 1 atom stereocenters. The van der Waals surface area contributed by atoms with Crippen LogP contribution in [0, 0.1) is 5.92 Å². The number of fused-ring (bicyclic) bond motifs is 1. The summed E-state index contributed by atoms with van der Waals surface area (Å²) in [4.78, 5) is 32.1. The van der Waals surface area contributed by atoms with Gasteiger partial charge < -0.3 is 10.2 Å². The smallest absolute Gasteiger partial charge is 0.250 e. The van der Waals surface area contributed by atoms with Gasteiger partial charge in [0.05, 0.1) is 0 Å². The Morgan fingerprint density at radius 1 is 0.946 bits per heavy atom. The Morgan fingerprint density at radius 2 is 1.70 bits per heavy atom. The van der Waals surface area contributed by atoms with Gasteiger partial charge in [-0.2, -0.15) is 0 Å². The topological polar surface area (TPSA) is 52.7 Å². The van der Waals surface area contributed by atoms with Crippen molar-refractivity contribution in [3.05, 3.63) is 65.2 Å². The van der Waals surface area contributed by atoms with Gasteiger partial charge in [-0.1, -0.05) is 56.7 Å². The van der Waals surface area contributed by atoms with Crippen molar-refractivity contribution in [1.82, 2.24) is 10.2 Å². The Balaban J connectivity index is 1.25. The summed E-state index contributed by atoms with van der Waals surface area (Å²) in [6, 6.07) is 16.8. The fourth-order valence-electron chi connectivity index (χ4n) is 6.61. The minimum absolute atomic E-state index is 0.0424. The van der Waals surface area contributed by atoms with Crippen molar-refractivity contribution >= 4 is 17.5 Å². The predicted octanol–water partition coefficient (Wildman–Crippen LogP) is 5.30. The van der Waals surface area contributed by atoms with Crippen LogP contribution in [0.4, 0.5) is 5.69 Å². The highest BCUT2D eigenvalue weighted by Gasteiger charge is 2.54. The Morgan fingerprint density at radius 3 is 2.46 bits per heavy atom. The van der Waals surface area contributed by atoms with Crippen molar-refractivity contribution in [2.75, 3.05) is 24.5 Å². The van der Waals surface area contributed by atoms with Crippen molar-refractivity contribution in [2.45, 2.75) is 89.6 Å². The van der Waals surface area contributed by atoms with E-state index in [-0.39, 0.29) is 11.8 Å². The fraction of sp³-hybridized carbons (Fsp3) is 0.562. The van der Waals surface area contributed by atoms with Crippen molar-refractivity contribution in [2.24, 2.45) is 5.92 Å². The maximum Gasteiger partial charge on any atom is 0.250 e. The minimum atomic E-state index is -0.777. The Bertz CT molecular complexity index is 1090. The number of piperazine rings is 1. The molecule has 5 rings (SSSR count). The number of rotatable bonds is 9. The number of carbonyl (C=O) groups excluding carboxylic acids is 2. The van der Waals surface area contributed by atoms with Crippen LogP contribution in [0.15, 0.2) is 48.5 Å². The minimum Gasteiger partial charge on any atom is -0.342 e. The van der Waals surface area contributed by atoms with E-state index in [1.807, 2.05) is 4.90 Å². The molecule has 2 heterocycles. The molecule has 198 valence electrons. The third-order valence-electron chi connectivity index (χ3n) is 8.69. The molecule has 2 saturated heterocycles. The molecule has 5 heteroatoms. The van der Waals surface area contributed by atoms with Crippen molar-refractivity contribution in [3.8, 4) is 0 Å². The highest BCUT2D eigenvalue weighted by atomic mass is 16.2. The Hall–Kier alpha value is -2.66. The first-order valence-corrected chi connectivity index (χ1v) is 14.5. The van der Waals surface area contributed by atoms with Gasteiger partial charge in [0.25, 0.3) is 5.91 Å². The van der Waals surface area contributed by atoms with Crippen LogP contribution >= 0.6 is 0 Å². The lowest BCUT2D eigenvalue weighted by molar-refractivity contribution is -0.140. The number of benzene rings is 2. The SMILES string of the molecule is CC(C)C[C@@H]1NC(=O)C2(CCN(CCCCCc3ccccc3)CC2)N(c2ccc3c(c2)CCC3)C1=O. The van der Waals surface area contributed by atoms with Gasteiger partial charge in [-0.15, -0.1) is 0 Å². The van der Waals surface area contributed by atoms with E-state index in [1.54, 1.807) is 0 Å². The molecular formula is C32H43N3O2. The molecule has 37 heavy (non-hydrogen) atoms. The molecule has 0 aromatic heterocycles. The normalized spacial score (nSPS) is 21.5. The zero-order chi connectivity index (χ0) is 25.8. The first-order valence-electron chi connectivity index (χ1n) is 14.5. The summed E-state index contributed by atoms with van der Waals surface area (Å²) >= 11 is 0. The second-order valence-corrected chi connectivity index (χ2v) is 11.8. The summed E-state index contributed by atoms with van der Waals surface area (Å²) < 4.78 is 0. The van der Waals surface area contributed by atoms with E-state index in [2.05, 4.69) is 72.6 Å². The van der Waals surface area contributed by atoms with Crippen LogP contribution in [0.5, 0.6) is 0 Å². The molecular weight excluding hydrogens is 458 g/mol. The molecule has 2 aromatic carbocycles. The summed E-state index contributed by atoms with van der Waals surface area (Å²) in [5.41, 5.74) is 4.30. The summed E-state index contributed by atoms with van der Waals surface area (Å²) in [5.74, 6) is 0.454. The van der Waals surface area contributed by atoms with E-state index >= 15 is 0 Å². The second-order valence-electron chi connectivity index (χ2n) is 11.8. The van der Waals surface area contributed by atoms with Gasteiger partial charge in [0.2, 0.25) is 5.91 Å². The lowest BCUT2D eigenvalue weighted by atomic mass is 9.80. The quantitative estimate of drug-likeness (QED) is 0.475. The number of unbranched alkanes of at least 4 members (excludes halogenated alkanes) is 2. The summed E-state index contributed by atoms with van der Waals surface area (Å²) in [5, 5.41) is 3.15. The summed E-state index contributed by atoms with van der Waals surface area (Å²) in [6.07, 6.45) is 10.2. The third kappa shape index (κ3) is 5.62. The van der Waals surface area contributed by atoms with Gasteiger partial charge in [-0.3, -0.25) is 14.5 Å². The van der Waals surface area contributed by atoms with E-state index in [9.17, 15) is 9.59 Å². The molecule has 3 aliphatic rings. The highest BCUT2D eigenvalue weighted by Crippen LogP contribution is 2.39.